The Morgan fingerprint density at radius 1 is 1.43 bits per heavy atom. The third kappa shape index (κ3) is 3.71. The number of methoxy groups -OCH3 is 1. The van der Waals surface area contributed by atoms with Gasteiger partial charge >= 0.3 is 0 Å². The number of benzene rings is 1. The van der Waals surface area contributed by atoms with Gasteiger partial charge in [-0.2, -0.15) is 11.8 Å². The summed E-state index contributed by atoms with van der Waals surface area (Å²) >= 11 is 7.07. The number of thiocarbonyl (C=S) groups is 1. The first-order chi connectivity index (χ1) is 10.0. The highest BCUT2D eigenvalue weighted by molar-refractivity contribution is 8.02. The number of thioether (sulfide) groups is 1. The van der Waals surface area contributed by atoms with Gasteiger partial charge in [0.25, 0.3) is 0 Å². The molecule has 1 fully saturated rings. The van der Waals surface area contributed by atoms with Crippen LogP contribution in [0, 0.1) is 6.92 Å². The Bertz CT molecular complexity index is 511. The molecule has 1 aromatic carbocycles. The second-order valence-corrected chi connectivity index (χ2v) is 7.28. The van der Waals surface area contributed by atoms with E-state index in [1.54, 1.807) is 18.9 Å². The molecule has 0 saturated carbocycles. The van der Waals surface area contributed by atoms with Crippen molar-refractivity contribution < 1.29 is 4.74 Å². The van der Waals surface area contributed by atoms with Crippen molar-refractivity contribution in [2.75, 3.05) is 26.5 Å². The van der Waals surface area contributed by atoms with Crippen LogP contribution >= 0.6 is 24.0 Å². The second-order valence-electron chi connectivity index (χ2n) is 5.65. The zero-order valence-corrected chi connectivity index (χ0v) is 14.6. The Kier molecular flexibility index (Phi) is 5.52. The van der Waals surface area contributed by atoms with Crippen LogP contribution in [0.3, 0.4) is 0 Å². The molecule has 0 bridgehead atoms. The van der Waals surface area contributed by atoms with E-state index in [0.717, 1.165) is 38.2 Å². The number of hydrogen-bond acceptors (Lipinski definition) is 4. The molecule has 0 aliphatic carbocycles. The zero-order chi connectivity index (χ0) is 15.5. The molecule has 0 spiro atoms. The summed E-state index contributed by atoms with van der Waals surface area (Å²) in [6.45, 7) is 5.09. The van der Waals surface area contributed by atoms with Gasteiger partial charge in [-0.05, 0) is 32.1 Å². The van der Waals surface area contributed by atoms with Crippen molar-refractivity contribution in [3.8, 4) is 5.75 Å². The average molecular weight is 325 g/mol. The highest BCUT2D eigenvalue weighted by Crippen LogP contribution is 2.35. The maximum Gasteiger partial charge on any atom is 0.123 e. The van der Waals surface area contributed by atoms with E-state index in [0.29, 0.717) is 4.99 Å². The van der Waals surface area contributed by atoms with Gasteiger partial charge in [0.1, 0.15) is 5.75 Å². The molecule has 21 heavy (non-hydrogen) atoms. The van der Waals surface area contributed by atoms with E-state index in [-0.39, 0.29) is 4.75 Å². The normalized spacial score (nSPS) is 18.4. The number of likely N-dealkylation sites (tertiary alicyclic amines) is 1. The van der Waals surface area contributed by atoms with Crippen molar-refractivity contribution in [2.24, 2.45) is 5.73 Å². The molecule has 0 unspecified atom stereocenters. The van der Waals surface area contributed by atoms with Gasteiger partial charge in [0, 0.05) is 25.2 Å². The van der Waals surface area contributed by atoms with Gasteiger partial charge in [0.05, 0.1) is 16.8 Å². The van der Waals surface area contributed by atoms with E-state index in [1.165, 1.54) is 11.1 Å². The SMILES string of the molecule is COc1ccc(C)cc1CN1CCC(SC)(C(N)=S)CC1. The average Bonchev–Trinajstić information content (AvgIpc) is 2.48. The Morgan fingerprint density at radius 3 is 2.62 bits per heavy atom. The fourth-order valence-electron chi connectivity index (χ4n) is 2.90. The fraction of sp³-hybridized carbons (Fsp3) is 0.562. The second kappa shape index (κ2) is 6.99. The largest absolute Gasteiger partial charge is 0.496 e. The molecule has 2 N–H and O–H groups in total. The summed E-state index contributed by atoms with van der Waals surface area (Å²) in [6, 6.07) is 6.35. The van der Waals surface area contributed by atoms with Gasteiger partial charge in [-0.25, -0.2) is 0 Å². The predicted molar refractivity (Wildman–Crippen MR) is 95.3 cm³/mol. The Balaban J connectivity index is 2.04. The lowest BCUT2D eigenvalue weighted by molar-refractivity contribution is 0.210. The van der Waals surface area contributed by atoms with Crippen molar-refractivity contribution in [3.05, 3.63) is 29.3 Å². The van der Waals surface area contributed by atoms with Gasteiger partial charge in [-0.15, -0.1) is 0 Å². The summed E-state index contributed by atoms with van der Waals surface area (Å²) in [5, 5.41) is 0. The topological polar surface area (TPSA) is 38.5 Å². The van der Waals surface area contributed by atoms with Crippen LogP contribution in [0.25, 0.3) is 0 Å². The Labute approximate surface area is 137 Å². The van der Waals surface area contributed by atoms with Crippen LogP contribution in [0.15, 0.2) is 18.2 Å². The van der Waals surface area contributed by atoms with Crippen molar-refractivity contribution in [1.29, 1.82) is 0 Å². The Morgan fingerprint density at radius 2 is 2.10 bits per heavy atom. The molecule has 1 aliphatic rings. The third-order valence-electron chi connectivity index (χ3n) is 4.33. The lowest BCUT2D eigenvalue weighted by Gasteiger charge is -2.40. The monoisotopic (exact) mass is 324 g/mol. The van der Waals surface area contributed by atoms with Crippen molar-refractivity contribution >= 4 is 29.0 Å². The smallest absolute Gasteiger partial charge is 0.123 e. The minimum absolute atomic E-state index is 0.0114. The third-order valence-corrected chi connectivity index (χ3v) is 6.26. The molecule has 3 nitrogen and oxygen atoms in total. The van der Waals surface area contributed by atoms with E-state index in [1.807, 2.05) is 0 Å². The predicted octanol–water partition coefficient (Wildman–Crippen LogP) is 2.99. The highest BCUT2D eigenvalue weighted by Gasteiger charge is 2.36. The van der Waals surface area contributed by atoms with Crippen LogP contribution < -0.4 is 10.5 Å². The van der Waals surface area contributed by atoms with E-state index in [4.69, 9.17) is 22.7 Å². The van der Waals surface area contributed by atoms with Crippen molar-refractivity contribution in [2.45, 2.75) is 31.1 Å². The van der Waals surface area contributed by atoms with Crippen LogP contribution in [0.1, 0.15) is 24.0 Å². The quantitative estimate of drug-likeness (QED) is 0.843. The van der Waals surface area contributed by atoms with Crippen LogP contribution in [-0.2, 0) is 6.54 Å². The molecule has 0 radical (unpaired) electrons. The molecule has 116 valence electrons. The van der Waals surface area contributed by atoms with E-state index in [2.05, 4.69) is 36.3 Å². The Hall–Kier alpha value is -0.780. The molecule has 0 atom stereocenters. The zero-order valence-electron chi connectivity index (χ0n) is 13.0. The van der Waals surface area contributed by atoms with Gasteiger partial charge in [0.2, 0.25) is 0 Å². The van der Waals surface area contributed by atoms with Crippen LogP contribution in [-0.4, -0.2) is 41.1 Å². The standard InChI is InChI=1S/C16H24N2OS2/c1-12-4-5-14(19-2)13(10-12)11-18-8-6-16(21-3,7-9-18)15(17)20/h4-5,10H,6-9,11H2,1-3H3,(H2,17,20). The molecule has 1 saturated heterocycles. The molecule has 2 rings (SSSR count). The first-order valence-corrected chi connectivity index (χ1v) is 8.85. The molecule has 1 aromatic rings. The fourth-order valence-corrected chi connectivity index (χ4v) is 4.14. The number of aryl methyl sites for hydroxylation is 1. The van der Waals surface area contributed by atoms with Crippen LogP contribution in [0.4, 0.5) is 0 Å². The number of ether oxygens (including phenoxy) is 1. The molecular formula is C16H24N2OS2. The van der Waals surface area contributed by atoms with Crippen LogP contribution in [0.2, 0.25) is 0 Å². The number of nitrogens with two attached hydrogens (primary N) is 1. The van der Waals surface area contributed by atoms with Gasteiger partial charge in [0.15, 0.2) is 0 Å². The summed E-state index contributed by atoms with van der Waals surface area (Å²) in [5.74, 6) is 0.969. The number of piperidine rings is 1. The minimum Gasteiger partial charge on any atom is -0.496 e. The highest BCUT2D eigenvalue weighted by atomic mass is 32.2. The summed E-state index contributed by atoms with van der Waals surface area (Å²) in [6.07, 6.45) is 4.16. The molecule has 1 aliphatic heterocycles. The van der Waals surface area contributed by atoms with Gasteiger partial charge in [-0.1, -0.05) is 29.9 Å². The maximum atomic E-state index is 5.95. The molecule has 1 heterocycles. The summed E-state index contributed by atoms with van der Waals surface area (Å²) in [7, 11) is 1.73. The first-order valence-electron chi connectivity index (χ1n) is 7.21. The molecule has 5 heteroatoms. The molecule has 0 aromatic heterocycles. The van der Waals surface area contributed by atoms with Gasteiger partial charge < -0.3 is 10.5 Å². The van der Waals surface area contributed by atoms with E-state index in [9.17, 15) is 0 Å². The van der Waals surface area contributed by atoms with Crippen molar-refractivity contribution in [3.63, 3.8) is 0 Å². The summed E-state index contributed by atoms with van der Waals surface area (Å²) in [4.78, 5) is 3.12. The maximum absolute atomic E-state index is 5.95. The molecular weight excluding hydrogens is 300 g/mol. The number of nitrogens with zero attached hydrogens (tertiary/aromatic N) is 1. The van der Waals surface area contributed by atoms with Gasteiger partial charge in [-0.3, -0.25) is 4.90 Å². The van der Waals surface area contributed by atoms with E-state index >= 15 is 0 Å². The lowest BCUT2D eigenvalue weighted by Crippen LogP contribution is -2.48. The van der Waals surface area contributed by atoms with E-state index < -0.39 is 0 Å². The minimum atomic E-state index is -0.0114. The first kappa shape index (κ1) is 16.6. The lowest BCUT2D eigenvalue weighted by atomic mass is 9.95. The summed E-state index contributed by atoms with van der Waals surface area (Å²) in [5.41, 5.74) is 8.47. The number of hydrogen-bond donors (Lipinski definition) is 1. The van der Waals surface area contributed by atoms with Crippen LogP contribution in [0.5, 0.6) is 5.75 Å². The number of rotatable bonds is 5. The van der Waals surface area contributed by atoms with Crippen molar-refractivity contribution in [1.82, 2.24) is 4.90 Å². The molecule has 0 amide bonds. The summed E-state index contributed by atoms with van der Waals surface area (Å²) < 4.78 is 5.46.